The normalized spacial score (nSPS) is 42.0. The van der Waals surface area contributed by atoms with Crippen LogP contribution in [0.25, 0.3) is 0 Å². The number of hydrogen-bond donors (Lipinski definition) is 3. The van der Waals surface area contributed by atoms with Gasteiger partial charge in [0, 0.05) is 19.5 Å². The lowest BCUT2D eigenvalue weighted by Gasteiger charge is -2.47. The molecular formula is C7H13NO3. The van der Waals surface area contributed by atoms with Crippen LogP contribution in [0.15, 0.2) is 0 Å². The zero-order valence-corrected chi connectivity index (χ0v) is 6.29. The first-order valence-corrected chi connectivity index (χ1v) is 3.93. The molecule has 0 amide bonds. The van der Waals surface area contributed by atoms with Crippen LogP contribution >= 0.6 is 0 Å². The van der Waals surface area contributed by atoms with E-state index < -0.39 is 12.2 Å². The minimum Gasteiger partial charge on any atom is -0.390 e. The first kappa shape index (κ1) is 7.49. The standard InChI is InChI=1S/C7H13NO3/c9-5-1-7(3-8-4-7)11-2-6(5)10/h5-6,8-10H,1-4H2/t5-,6+/m1/s1. The molecule has 2 aliphatic heterocycles. The lowest BCUT2D eigenvalue weighted by molar-refractivity contribution is -0.188. The number of aliphatic hydroxyl groups is 2. The van der Waals surface area contributed by atoms with Crippen LogP contribution in [0.5, 0.6) is 0 Å². The van der Waals surface area contributed by atoms with Crippen LogP contribution in [0.3, 0.4) is 0 Å². The predicted octanol–water partition coefficient (Wildman–Crippen LogP) is -1.53. The van der Waals surface area contributed by atoms with Crippen LogP contribution in [0.1, 0.15) is 6.42 Å². The number of ether oxygens (including phenoxy) is 1. The molecule has 0 radical (unpaired) electrons. The molecule has 0 unspecified atom stereocenters. The molecule has 0 saturated carbocycles. The SMILES string of the molecule is O[C@@H]1CC2(CNC2)OC[C@@H]1O. The van der Waals surface area contributed by atoms with E-state index in [1.807, 2.05) is 0 Å². The average Bonchev–Trinajstić information content (AvgIpc) is 1.92. The van der Waals surface area contributed by atoms with Gasteiger partial charge in [-0.3, -0.25) is 0 Å². The molecule has 11 heavy (non-hydrogen) atoms. The van der Waals surface area contributed by atoms with Crippen molar-refractivity contribution in [3.63, 3.8) is 0 Å². The molecule has 2 heterocycles. The summed E-state index contributed by atoms with van der Waals surface area (Å²) in [6.45, 7) is 1.87. The Balaban J connectivity index is 1.97. The van der Waals surface area contributed by atoms with Crippen molar-refractivity contribution in [2.24, 2.45) is 0 Å². The smallest absolute Gasteiger partial charge is 0.103 e. The Labute approximate surface area is 65.2 Å². The van der Waals surface area contributed by atoms with E-state index >= 15 is 0 Å². The van der Waals surface area contributed by atoms with Gasteiger partial charge in [0.2, 0.25) is 0 Å². The summed E-state index contributed by atoms with van der Waals surface area (Å²) in [4.78, 5) is 0. The monoisotopic (exact) mass is 159 g/mol. The molecular weight excluding hydrogens is 146 g/mol. The summed E-state index contributed by atoms with van der Waals surface area (Å²) in [6.07, 6.45) is -0.742. The van der Waals surface area contributed by atoms with Crippen LogP contribution in [-0.4, -0.2) is 47.7 Å². The third-order valence-electron chi connectivity index (χ3n) is 2.48. The molecule has 2 fully saturated rings. The summed E-state index contributed by atoms with van der Waals surface area (Å²) in [7, 11) is 0. The summed E-state index contributed by atoms with van der Waals surface area (Å²) >= 11 is 0. The summed E-state index contributed by atoms with van der Waals surface area (Å²) in [5, 5.41) is 21.5. The van der Waals surface area contributed by atoms with Crippen molar-refractivity contribution < 1.29 is 14.9 Å². The summed E-state index contributed by atoms with van der Waals surface area (Å²) < 4.78 is 5.41. The second-order valence-electron chi connectivity index (χ2n) is 3.44. The lowest BCUT2D eigenvalue weighted by atomic mass is 9.86. The van der Waals surface area contributed by atoms with Crippen LogP contribution in [0.4, 0.5) is 0 Å². The van der Waals surface area contributed by atoms with Gasteiger partial charge in [0.25, 0.3) is 0 Å². The van der Waals surface area contributed by atoms with Gasteiger partial charge in [-0.1, -0.05) is 0 Å². The molecule has 2 saturated heterocycles. The predicted molar refractivity (Wildman–Crippen MR) is 38.2 cm³/mol. The zero-order valence-electron chi connectivity index (χ0n) is 6.29. The molecule has 4 heteroatoms. The molecule has 0 aromatic rings. The van der Waals surface area contributed by atoms with Crippen molar-refractivity contribution in [3.8, 4) is 0 Å². The molecule has 3 N–H and O–H groups in total. The van der Waals surface area contributed by atoms with Crippen molar-refractivity contribution in [1.82, 2.24) is 5.32 Å². The van der Waals surface area contributed by atoms with Crippen LogP contribution in [0, 0.1) is 0 Å². The van der Waals surface area contributed by atoms with E-state index in [1.54, 1.807) is 0 Å². The van der Waals surface area contributed by atoms with Gasteiger partial charge < -0.3 is 20.3 Å². The molecule has 0 bridgehead atoms. The van der Waals surface area contributed by atoms with E-state index in [4.69, 9.17) is 9.84 Å². The minimum atomic E-state index is -0.693. The maximum atomic E-state index is 9.32. The second kappa shape index (κ2) is 2.42. The average molecular weight is 159 g/mol. The molecule has 2 rings (SSSR count). The van der Waals surface area contributed by atoms with Gasteiger partial charge in [-0.25, -0.2) is 0 Å². The quantitative estimate of drug-likeness (QED) is 0.401. The Morgan fingerprint density at radius 3 is 2.45 bits per heavy atom. The summed E-state index contributed by atoms with van der Waals surface area (Å²) in [5.41, 5.74) is -0.168. The maximum Gasteiger partial charge on any atom is 0.103 e. The van der Waals surface area contributed by atoms with Crippen LogP contribution in [0.2, 0.25) is 0 Å². The van der Waals surface area contributed by atoms with Gasteiger partial charge in [-0.2, -0.15) is 0 Å². The number of hydrogen-bond acceptors (Lipinski definition) is 4. The largest absolute Gasteiger partial charge is 0.390 e. The second-order valence-corrected chi connectivity index (χ2v) is 3.44. The molecule has 4 nitrogen and oxygen atoms in total. The van der Waals surface area contributed by atoms with Gasteiger partial charge in [-0.05, 0) is 0 Å². The van der Waals surface area contributed by atoms with Crippen molar-refractivity contribution >= 4 is 0 Å². The van der Waals surface area contributed by atoms with Crippen molar-refractivity contribution in [1.29, 1.82) is 0 Å². The van der Waals surface area contributed by atoms with Gasteiger partial charge >= 0.3 is 0 Å². The fourth-order valence-corrected chi connectivity index (χ4v) is 1.60. The van der Waals surface area contributed by atoms with Crippen LogP contribution < -0.4 is 5.32 Å². The number of rotatable bonds is 0. The topological polar surface area (TPSA) is 61.7 Å². The Hall–Kier alpha value is -0.160. The molecule has 2 atom stereocenters. The molecule has 64 valence electrons. The number of nitrogens with one attached hydrogen (secondary N) is 1. The summed E-state index contributed by atoms with van der Waals surface area (Å²) in [5.74, 6) is 0. The molecule has 0 aliphatic carbocycles. The minimum absolute atomic E-state index is 0.168. The molecule has 0 aromatic heterocycles. The third kappa shape index (κ3) is 1.16. The van der Waals surface area contributed by atoms with E-state index in [2.05, 4.69) is 5.32 Å². The van der Waals surface area contributed by atoms with E-state index in [1.165, 1.54) is 0 Å². The highest BCUT2D eigenvalue weighted by atomic mass is 16.5. The third-order valence-corrected chi connectivity index (χ3v) is 2.48. The lowest BCUT2D eigenvalue weighted by Crippen LogP contribution is -2.66. The van der Waals surface area contributed by atoms with Gasteiger partial charge in [-0.15, -0.1) is 0 Å². The fourth-order valence-electron chi connectivity index (χ4n) is 1.60. The van der Waals surface area contributed by atoms with Crippen molar-refractivity contribution in [2.75, 3.05) is 19.7 Å². The number of aliphatic hydroxyl groups excluding tert-OH is 2. The van der Waals surface area contributed by atoms with Gasteiger partial charge in [0.05, 0.1) is 18.3 Å². The Kier molecular flexibility index (Phi) is 1.64. The van der Waals surface area contributed by atoms with E-state index in [0.29, 0.717) is 6.42 Å². The van der Waals surface area contributed by atoms with E-state index in [-0.39, 0.29) is 12.2 Å². The molecule has 1 spiro atoms. The van der Waals surface area contributed by atoms with Crippen molar-refractivity contribution in [3.05, 3.63) is 0 Å². The van der Waals surface area contributed by atoms with Gasteiger partial charge in [0.1, 0.15) is 6.10 Å². The summed E-state index contributed by atoms with van der Waals surface area (Å²) in [6, 6.07) is 0. The Bertz CT molecular complexity index is 158. The van der Waals surface area contributed by atoms with E-state index in [9.17, 15) is 5.11 Å². The first-order valence-electron chi connectivity index (χ1n) is 3.93. The van der Waals surface area contributed by atoms with E-state index in [0.717, 1.165) is 13.1 Å². The van der Waals surface area contributed by atoms with Crippen LogP contribution in [-0.2, 0) is 4.74 Å². The Morgan fingerprint density at radius 2 is 2.00 bits per heavy atom. The zero-order chi connectivity index (χ0) is 7.90. The highest BCUT2D eigenvalue weighted by Crippen LogP contribution is 2.28. The highest BCUT2D eigenvalue weighted by Gasteiger charge is 2.45. The highest BCUT2D eigenvalue weighted by molar-refractivity contribution is 5.00. The molecule has 2 aliphatic rings. The first-order chi connectivity index (χ1) is 5.22. The Morgan fingerprint density at radius 1 is 1.27 bits per heavy atom. The van der Waals surface area contributed by atoms with Crippen molar-refractivity contribution in [2.45, 2.75) is 24.2 Å². The maximum absolute atomic E-state index is 9.32. The fraction of sp³-hybridized carbons (Fsp3) is 1.00. The van der Waals surface area contributed by atoms with Gasteiger partial charge in [0.15, 0.2) is 0 Å². The molecule has 0 aromatic carbocycles.